The average molecular weight is 717 g/mol. The van der Waals surface area contributed by atoms with Gasteiger partial charge in [0, 0.05) is 25.4 Å². The Morgan fingerprint density at radius 2 is 0.918 bits per heavy atom. The summed E-state index contributed by atoms with van der Waals surface area (Å²) in [5.41, 5.74) is 0. The second kappa shape index (κ2) is 37.7. The molecule has 0 spiro atoms. The molecule has 0 aliphatic rings. The van der Waals surface area contributed by atoms with Gasteiger partial charge in [-0.15, -0.1) is 0 Å². The molecule has 0 saturated heterocycles. The zero-order valence-electron chi connectivity index (χ0n) is 33.8. The van der Waals surface area contributed by atoms with Gasteiger partial charge in [0.15, 0.2) is 0 Å². The van der Waals surface area contributed by atoms with Gasteiger partial charge >= 0.3 is 8.60 Å². The molecule has 0 aromatic heterocycles. The number of Topliss-reactive ketones (excluding diaryl/α,β-unsaturated/α-hetero) is 1. The molecule has 6 nitrogen and oxygen atoms in total. The van der Waals surface area contributed by atoms with Crippen LogP contribution in [0.4, 0.5) is 0 Å². The average Bonchev–Trinajstić information content (AvgIpc) is 3.06. The summed E-state index contributed by atoms with van der Waals surface area (Å²) in [7, 11) is 4.35. The molecule has 0 fully saturated rings. The van der Waals surface area contributed by atoms with E-state index in [1.54, 1.807) is 0 Å². The topological polar surface area (TPSA) is 65.0 Å². The van der Waals surface area contributed by atoms with Crippen LogP contribution >= 0.6 is 8.60 Å². The van der Waals surface area contributed by atoms with Crippen molar-refractivity contribution in [3.63, 3.8) is 0 Å². The van der Waals surface area contributed by atoms with Crippen molar-refractivity contribution in [2.24, 2.45) is 5.92 Å². The lowest BCUT2D eigenvalue weighted by atomic mass is 9.99. The highest BCUT2D eigenvalue weighted by Crippen LogP contribution is 2.33. The molecule has 2 unspecified atom stereocenters. The maximum Gasteiger partial charge on any atom is 0.330 e. The second-order valence-electron chi connectivity index (χ2n) is 16.0. The van der Waals surface area contributed by atoms with Crippen LogP contribution in [0.3, 0.4) is 0 Å². The van der Waals surface area contributed by atoms with Crippen LogP contribution in [0, 0.1) is 5.92 Å². The first-order valence-electron chi connectivity index (χ1n) is 21.4. The second-order valence-corrected chi connectivity index (χ2v) is 17.0. The van der Waals surface area contributed by atoms with Crippen LogP contribution in [0.2, 0.25) is 0 Å². The lowest BCUT2D eigenvalue weighted by Crippen LogP contribution is -2.37. The number of rotatable bonds is 41. The zero-order chi connectivity index (χ0) is 36.1. The van der Waals surface area contributed by atoms with Gasteiger partial charge in [0.25, 0.3) is 0 Å². The Kier molecular flexibility index (Phi) is 37.6. The number of likely N-dealkylation sites (N-methyl/N-ethyl adjacent to an activating group) is 1. The molecule has 0 aliphatic heterocycles. The molecule has 49 heavy (non-hydrogen) atoms. The van der Waals surface area contributed by atoms with E-state index in [1.165, 1.54) is 161 Å². The maximum absolute atomic E-state index is 12.9. The molecule has 0 aromatic carbocycles. The Balaban J connectivity index is 4.09. The fourth-order valence-electron chi connectivity index (χ4n) is 6.35. The summed E-state index contributed by atoms with van der Waals surface area (Å²) in [6, 6.07) is 0. The first kappa shape index (κ1) is 48.9. The van der Waals surface area contributed by atoms with E-state index in [9.17, 15) is 9.69 Å². The molecule has 0 radical (unpaired) electrons. The number of ether oxygens (including phenoxy) is 1. The summed E-state index contributed by atoms with van der Waals surface area (Å²) in [6.07, 6.45) is 38.5. The molecule has 2 atom stereocenters. The van der Waals surface area contributed by atoms with E-state index >= 15 is 0 Å². The molecule has 294 valence electrons. The summed E-state index contributed by atoms with van der Waals surface area (Å²) in [5.74, 6) is 0.255. The van der Waals surface area contributed by atoms with Crippen molar-refractivity contribution >= 4 is 14.4 Å². The van der Waals surface area contributed by atoms with Crippen LogP contribution in [-0.4, -0.2) is 69.3 Å². The molecule has 0 amide bonds. The van der Waals surface area contributed by atoms with Gasteiger partial charge in [-0.1, -0.05) is 181 Å². The Morgan fingerprint density at radius 3 is 1.33 bits per heavy atom. The summed E-state index contributed by atoms with van der Waals surface area (Å²) >= 11 is 0. The normalized spacial score (nSPS) is 13.3. The fourth-order valence-corrected chi connectivity index (χ4v) is 7.01. The van der Waals surface area contributed by atoms with Crippen molar-refractivity contribution < 1.29 is 28.0 Å². The molecule has 0 rings (SSSR count). The minimum atomic E-state index is -1.94. The predicted octanol–water partition coefficient (Wildman–Crippen LogP) is 12.9. The number of carbonyl (C=O) groups is 1. The predicted molar refractivity (Wildman–Crippen MR) is 213 cm³/mol. The Labute approximate surface area is 308 Å². The highest BCUT2D eigenvalue weighted by molar-refractivity contribution is 7.40. The molecular formula is C42H87NO5P+. The molecular weight excluding hydrogens is 629 g/mol. The van der Waals surface area contributed by atoms with E-state index in [-0.39, 0.29) is 5.92 Å². The first-order valence-corrected chi connectivity index (χ1v) is 22.6. The number of ketones is 1. The van der Waals surface area contributed by atoms with Crippen LogP contribution in [0.25, 0.3) is 0 Å². The van der Waals surface area contributed by atoms with Gasteiger partial charge in [-0.3, -0.25) is 4.79 Å². The van der Waals surface area contributed by atoms with E-state index < -0.39 is 8.60 Å². The number of hydrogen-bond donors (Lipinski definition) is 1. The maximum atomic E-state index is 12.9. The van der Waals surface area contributed by atoms with Gasteiger partial charge in [-0.25, -0.2) is 0 Å². The summed E-state index contributed by atoms with van der Waals surface area (Å²) in [6.45, 7) is 7.35. The highest BCUT2D eigenvalue weighted by atomic mass is 31.2. The summed E-state index contributed by atoms with van der Waals surface area (Å²) in [5, 5.41) is 0. The highest BCUT2D eigenvalue weighted by Gasteiger charge is 2.19. The standard InChI is InChI=1S/C42H87NO5P/c1-6-8-10-12-14-16-18-20-22-24-26-28-30-32-34-42(44)38-41(40-48-49(45)47-37-35-43(3,4)5)39-46-36-33-31-29-27-25-23-21-19-17-15-13-11-9-7-2/h41,45H,6-40H2,1-5H3/q+1. The third-order valence-electron chi connectivity index (χ3n) is 9.71. The molecule has 0 aromatic rings. The van der Waals surface area contributed by atoms with E-state index in [2.05, 4.69) is 35.0 Å². The van der Waals surface area contributed by atoms with Crippen molar-refractivity contribution in [1.82, 2.24) is 0 Å². The van der Waals surface area contributed by atoms with Gasteiger partial charge in [-0.05, 0) is 12.8 Å². The van der Waals surface area contributed by atoms with Crippen LogP contribution in [0.15, 0.2) is 0 Å². The smallest absolute Gasteiger partial charge is 0.330 e. The van der Waals surface area contributed by atoms with Crippen molar-refractivity contribution in [3.8, 4) is 0 Å². The lowest BCUT2D eigenvalue weighted by Gasteiger charge is -2.24. The third-order valence-corrected chi connectivity index (χ3v) is 10.5. The van der Waals surface area contributed by atoms with Crippen molar-refractivity contribution in [3.05, 3.63) is 0 Å². The number of hydrogen-bond acceptors (Lipinski definition) is 5. The molecule has 7 heteroatoms. The van der Waals surface area contributed by atoms with Crippen LogP contribution in [-0.2, 0) is 18.6 Å². The van der Waals surface area contributed by atoms with E-state index in [4.69, 9.17) is 13.8 Å². The Hall–Kier alpha value is -0.100. The third kappa shape index (κ3) is 40.5. The molecule has 1 N–H and O–H groups in total. The number of quaternary nitrogens is 1. The van der Waals surface area contributed by atoms with Crippen LogP contribution in [0.1, 0.15) is 206 Å². The largest absolute Gasteiger partial charge is 0.381 e. The van der Waals surface area contributed by atoms with Crippen molar-refractivity contribution in [1.29, 1.82) is 0 Å². The van der Waals surface area contributed by atoms with E-state index in [0.29, 0.717) is 38.4 Å². The van der Waals surface area contributed by atoms with Gasteiger partial charge < -0.3 is 23.2 Å². The van der Waals surface area contributed by atoms with E-state index in [1.807, 2.05) is 0 Å². The monoisotopic (exact) mass is 717 g/mol. The lowest BCUT2D eigenvalue weighted by molar-refractivity contribution is -0.870. The minimum Gasteiger partial charge on any atom is -0.381 e. The fraction of sp³-hybridized carbons (Fsp3) is 0.976. The van der Waals surface area contributed by atoms with Gasteiger partial charge in [-0.2, -0.15) is 0 Å². The van der Waals surface area contributed by atoms with Gasteiger partial charge in [0.2, 0.25) is 0 Å². The van der Waals surface area contributed by atoms with E-state index in [0.717, 1.165) is 36.9 Å². The van der Waals surface area contributed by atoms with Gasteiger partial charge in [0.05, 0.1) is 34.4 Å². The molecule has 0 bridgehead atoms. The quantitative estimate of drug-likeness (QED) is 0.0388. The van der Waals surface area contributed by atoms with Crippen LogP contribution in [0.5, 0.6) is 0 Å². The first-order chi connectivity index (χ1) is 23.8. The zero-order valence-corrected chi connectivity index (χ0v) is 34.7. The molecule has 0 heterocycles. The number of carbonyl (C=O) groups excluding carboxylic acids is 1. The number of nitrogens with zero attached hydrogens (tertiary/aromatic N) is 1. The summed E-state index contributed by atoms with van der Waals surface area (Å²) in [4.78, 5) is 23.1. The minimum absolute atomic E-state index is 0.0371. The molecule has 0 aliphatic carbocycles. The van der Waals surface area contributed by atoms with Crippen molar-refractivity contribution in [2.45, 2.75) is 206 Å². The van der Waals surface area contributed by atoms with Gasteiger partial charge in [0.1, 0.15) is 18.9 Å². The number of unbranched alkanes of at least 4 members (excludes halogenated alkanes) is 26. The summed E-state index contributed by atoms with van der Waals surface area (Å²) < 4.78 is 18.0. The SMILES string of the molecule is CCCCCCCCCCCCCCCCOCC(COP(O)OCC[N+](C)(C)C)CC(=O)CCCCCCCCCCCCCCCC. The molecule has 0 saturated carbocycles. The Morgan fingerprint density at radius 1 is 0.531 bits per heavy atom. The Bertz CT molecular complexity index is 674. The van der Waals surface area contributed by atoms with Crippen molar-refractivity contribution in [2.75, 3.05) is 54.1 Å². The van der Waals surface area contributed by atoms with Crippen LogP contribution < -0.4 is 0 Å².